The molecule has 14 nitrogen and oxygen atoms in total. The predicted molar refractivity (Wildman–Crippen MR) is 317 cm³/mol. The molecular formula is C65H122O14. The second-order valence-corrected chi connectivity index (χ2v) is 23.3. The standard InChI is InChI=1S/C65H122O14/c1-3-5-7-9-11-13-15-17-19-21-23-25-27-28-30-32-34-36-38-40-42-44-46-48-57(67)77-54(51-74-49-47-45-43-41-39-37-35-33-31-29-26-24-22-20-18-16-14-12-10-8-6-4-2)52-75-64-63(73)61(71)59(69)56(79-64)53-76-65-62(72)60(70)58(68)55(50-66)78-65/h15,17,21,23,54-56,58-66,68-73H,3-14,16,18-20,22,24-53H2,1-2H3/b17-15-,23-21-. The number of allylic oxidation sites excluding steroid dienone is 4. The van der Waals surface area contributed by atoms with Gasteiger partial charge in [-0.15, -0.1) is 0 Å². The maximum atomic E-state index is 13.1. The van der Waals surface area contributed by atoms with E-state index in [0.29, 0.717) is 13.0 Å². The number of carbonyl (C=O) groups is 1. The maximum Gasteiger partial charge on any atom is 0.306 e. The lowest BCUT2D eigenvalue weighted by molar-refractivity contribution is -0.332. The molecule has 0 spiro atoms. The van der Waals surface area contributed by atoms with Crippen LogP contribution >= 0.6 is 0 Å². The minimum Gasteiger partial charge on any atom is -0.457 e. The first-order valence-electron chi connectivity index (χ1n) is 32.9. The Balaban J connectivity index is 1.66. The lowest BCUT2D eigenvalue weighted by atomic mass is 9.98. The van der Waals surface area contributed by atoms with Gasteiger partial charge in [-0.3, -0.25) is 4.79 Å². The molecule has 11 unspecified atom stereocenters. The van der Waals surface area contributed by atoms with Crippen molar-refractivity contribution in [2.45, 2.75) is 351 Å². The van der Waals surface area contributed by atoms with Crippen molar-refractivity contribution in [3.63, 3.8) is 0 Å². The number of esters is 1. The first-order valence-corrected chi connectivity index (χ1v) is 32.9. The van der Waals surface area contributed by atoms with Crippen LogP contribution in [0.4, 0.5) is 0 Å². The number of aliphatic hydroxyl groups is 7. The SMILES string of the molecule is CCCCCCC/C=C\C/C=C\CCCCCCCCCCCCCC(=O)OC(COCCCCCCCCCCCCCCCCCCCCCCCC)COC1OC(COC2OC(CO)C(O)C(O)C2O)C(O)C(O)C1O. The third-order valence-corrected chi connectivity index (χ3v) is 16.0. The molecule has 0 saturated carbocycles. The fourth-order valence-corrected chi connectivity index (χ4v) is 10.7. The van der Waals surface area contributed by atoms with Gasteiger partial charge in [0.15, 0.2) is 12.6 Å². The summed E-state index contributed by atoms with van der Waals surface area (Å²) in [7, 11) is 0. The van der Waals surface area contributed by atoms with Gasteiger partial charge < -0.3 is 64.2 Å². The van der Waals surface area contributed by atoms with Crippen LogP contribution in [0, 0.1) is 0 Å². The van der Waals surface area contributed by atoms with Crippen LogP contribution in [0.15, 0.2) is 24.3 Å². The summed E-state index contributed by atoms with van der Waals surface area (Å²) >= 11 is 0. The van der Waals surface area contributed by atoms with Gasteiger partial charge in [0.2, 0.25) is 0 Å². The fourth-order valence-electron chi connectivity index (χ4n) is 10.7. The molecule has 14 heteroatoms. The van der Waals surface area contributed by atoms with Crippen LogP contribution in [0.5, 0.6) is 0 Å². The van der Waals surface area contributed by atoms with Crippen LogP contribution in [0.1, 0.15) is 284 Å². The van der Waals surface area contributed by atoms with Gasteiger partial charge in [0.05, 0.1) is 26.4 Å². The van der Waals surface area contributed by atoms with E-state index >= 15 is 0 Å². The molecule has 466 valence electrons. The zero-order valence-corrected chi connectivity index (χ0v) is 50.4. The zero-order valence-electron chi connectivity index (χ0n) is 50.4. The van der Waals surface area contributed by atoms with Crippen molar-refractivity contribution in [2.24, 2.45) is 0 Å². The van der Waals surface area contributed by atoms with E-state index in [4.69, 9.17) is 28.4 Å². The summed E-state index contributed by atoms with van der Waals surface area (Å²) in [4.78, 5) is 13.1. The second-order valence-electron chi connectivity index (χ2n) is 23.3. The maximum absolute atomic E-state index is 13.1. The van der Waals surface area contributed by atoms with E-state index in [1.54, 1.807) is 0 Å². The molecule has 0 aromatic carbocycles. The van der Waals surface area contributed by atoms with Gasteiger partial charge >= 0.3 is 5.97 Å². The monoisotopic (exact) mass is 1130 g/mol. The second kappa shape index (κ2) is 52.1. The topological polar surface area (TPSA) is 214 Å². The summed E-state index contributed by atoms with van der Waals surface area (Å²) in [5.74, 6) is -0.372. The third kappa shape index (κ3) is 38.1. The van der Waals surface area contributed by atoms with Gasteiger partial charge in [-0.2, -0.15) is 0 Å². The quantitative estimate of drug-likeness (QED) is 0.0172. The summed E-state index contributed by atoms with van der Waals surface area (Å²) in [6.07, 6.45) is 45.3. The molecule has 2 aliphatic heterocycles. The molecule has 2 fully saturated rings. The predicted octanol–water partition coefficient (Wildman–Crippen LogP) is 13.1. The Morgan fingerprint density at radius 3 is 1.22 bits per heavy atom. The van der Waals surface area contributed by atoms with Gasteiger partial charge in [0.25, 0.3) is 0 Å². The number of rotatable bonds is 55. The van der Waals surface area contributed by atoms with Crippen LogP contribution in [-0.4, -0.2) is 142 Å². The van der Waals surface area contributed by atoms with Crippen LogP contribution in [0.25, 0.3) is 0 Å². The first-order chi connectivity index (χ1) is 38.6. The molecule has 7 N–H and O–H groups in total. The summed E-state index contributed by atoms with van der Waals surface area (Å²) in [5.41, 5.74) is 0. The minimum absolute atomic E-state index is 0.0664. The molecule has 0 aromatic heterocycles. The normalized spacial score (nSPS) is 24.1. The van der Waals surface area contributed by atoms with E-state index in [2.05, 4.69) is 38.2 Å². The highest BCUT2D eigenvalue weighted by Gasteiger charge is 2.47. The third-order valence-electron chi connectivity index (χ3n) is 16.0. The molecule has 79 heavy (non-hydrogen) atoms. The number of aliphatic hydroxyl groups excluding tert-OH is 7. The smallest absolute Gasteiger partial charge is 0.306 e. The van der Waals surface area contributed by atoms with E-state index in [9.17, 15) is 40.5 Å². The van der Waals surface area contributed by atoms with Gasteiger partial charge in [-0.25, -0.2) is 0 Å². The number of hydrogen-bond acceptors (Lipinski definition) is 14. The highest BCUT2D eigenvalue weighted by atomic mass is 16.7. The van der Waals surface area contributed by atoms with Crippen molar-refractivity contribution < 1.29 is 69.0 Å². The van der Waals surface area contributed by atoms with Crippen molar-refractivity contribution in [3.05, 3.63) is 24.3 Å². The van der Waals surface area contributed by atoms with Crippen LogP contribution in [0.2, 0.25) is 0 Å². The summed E-state index contributed by atoms with van der Waals surface area (Å²) in [5, 5.41) is 72.5. The highest BCUT2D eigenvalue weighted by molar-refractivity contribution is 5.69. The van der Waals surface area contributed by atoms with Crippen LogP contribution < -0.4 is 0 Å². The number of ether oxygens (including phenoxy) is 6. The zero-order chi connectivity index (χ0) is 57.2. The van der Waals surface area contributed by atoms with Gasteiger partial charge in [-0.05, 0) is 44.9 Å². The Morgan fingerprint density at radius 1 is 0.418 bits per heavy atom. The molecular weight excluding hydrogens is 1000 g/mol. The van der Waals surface area contributed by atoms with E-state index < -0.39 is 80.7 Å². The van der Waals surface area contributed by atoms with Crippen LogP contribution in [0.3, 0.4) is 0 Å². The van der Waals surface area contributed by atoms with E-state index in [-0.39, 0.29) is 25.6 Å². The molecule has 0 radical (unpaired) electrons. The van der Waals surface area contributed by atoms with E-state index in [1.165, 1.54) is 212 Å². The van der Waals surface area contributed by atoms with Crippen molar-refractivity contribution >= 4 is 5.97 Å². The van der Waals surface area contributed by atoms with Gasteiger partial charge in [-0.1, -0.05) is 256 Å². The average molecular weight is 1130 g/mol. The van der Waals surface area contributed by atoms with Crippen LogP contribution in [-0.2, 0) is 33.2 Å². The summed E-state index contributed by atoms with van der Waals surface area (Å²) in [6.45, 7) is 3.75. The van der Waals surface area contributed by atoms with Gasteiger partial charge in [0, 0.05) is 13.0 Å². The number of hydrogen-bond donors (Lipinski definition) is 7. The Morgan fingerprint density at radius 2 is 0.785 bits per heavy atom. The van der Waals surface area contributed by atoms with Crippen molar-refractivity contribution in [3.8, 4) is 0 Å². The summed E-state index contributed by atoms with van der Waals surface area (Å²) < 4.78 is 34.5. The first kappa shape index (κ1) is 73.6. The Bertz CT molecular complexity index is 1400. The average Bonchev–Trinajstić information content (AvgIpc) is 3.46. The number of unbranched alkanes of at least 4 members (excludes halogenated alkanes) is 37. The highest BCUT2D eigenvalue weighted by Crippen LogP contribution is 2.27. The molecule has 11 atom stereocenters. The van der Waals surface area contributed by atoms with Crippen molar-refractivity contribution in [1.29, 1.82) is 0 Å². The number of carbonyl (C=O) groups excluding carboxylic acids is 1. The lowest BCUT2D eigenvalue weighted by Crippen LogP contribution is -2.61. The molecule has 0 aliphatic carbocycles. The molecule has 0 amide bonds. The van der Waals surface area contributed by atoms with E-state index in [1.807, 2.05) is 0 Å². The largest absolute Gasteiger partial charge is 0.457 e. The molecule has 2 saturated heterocycles. The molecule has 2 aliphatic rings. The van der Waals surface area contributed by atoms with Crippen molar-refractivity contribution in [1.82, 2.24) is 0 Å². The Hall–Kier alpha value is -1.53. The molecule has 0 bridgehead atoms. The minimum atomic E-state index is -1.71. The van der Waals surface area contributed by atoms with Crippen molar-refractivity contribution in [2.75, 3.05) is 33.0 Å². The van der Waals surface area contributed by atoms with Gasteiger partial charge in [0.1, 0.15) is 54.9 Å². The Labute approximate surface area is 481 Å². The molecule has 2 heterocycles. The summed E-state index contributed by atoms with van der Waals surface area (Å²) in [6, 6.07) is 0. The van der Waals surface area contributed by atoms with E-state index in [0.717, 1.165) is 44.9 Å². The molecule has 0 aromatic rings. The lowest BCUT2D eigenvalue weighted by Gasteiger charge is -2.42. The fraction of sp³-hybridized carbons (Fsp3) is 0.923. The molecule has 2 rings (SSSR count). The Kier molecular flexibility index (Phi) is 48.5.